The fraction of sp³-hybridized carbons (Fsp3) is 0.880. The highest BCUT2D eigenvalue weighted by Crippen LogP contribution is 2.34. The highest BCUT2D eigenvalue weighted by Gasteiger charge is 2.36. The van der Waals surface area contributed by atoms with Crippen LogP contribution in [0.5, 0.6) is 0 Å². The summed E-state index contributed by atoms with van der Waals surface area (Å²) >= 11 is 0. The van der Waals surface area contributed by atoms with Crippen LogP contribution in [-0.4, -0.2) is 74.6 Å². The number of piperidine rings is 1. The van der Waals surface area contributed by atoms with Gasteiger partial charge in [0.1, 0.15) is 0 Å². The summed E-state index contributed by atoms with van der Waals surface area (Å²) in [5.41, 5.74) is 0. The quantitative estimate of drug-likeness (QED) is 0.403. The van der Waals surface area contributed by atoms with Crippen molar-refractivity contribution in [2.75, 3.05) is 27.2 Å². The summed E-state index contributed by atoms with van der Waals surface area (Å²) in [6.45, 7) is 13.0. The van der Waals surface area contributed by atoms with E-state index >= 15 is 0 Å². The van der Waals surface area contributed by atoms with Crippen LogP contribution in [0.1, 0.15) is 80.1 Å². The van der Waals surface area contributed by atoms with E-state index in [0.29, 0.717) is 13.0 Å². The van der Waals surface area contributed by atoms with Crippen molar-refractivity contribution in [3.63, 3.8) is 0 Å². The van der Waals surface area contributed by atoms with E-state index in [2.05, 4.69) is 36.7 Å². The first-order valence-corrected chi connectivity index (χ1v) is 12.7. The molecule has 8 nitrogen and oxygen atoms in total. The van der Waals surface area contributed by atoms with E-state index in [1.807, 2.05) is 20.8 Å². The molecule has 1 aliphatic carbocycles. The molecule has 3 amide bonds. The molecule has 0 aromatic heterocycles. The van der Waals surface area contributed by atoms with E-state index in [-0.39, 0.29) is 36.7 Å². The molecule has 0 radical (unpaired) electrons. The first-order chi connectivity index (χ1) is 15.7. The predicted molar refractivity (Wildman–Crippen MR) is 134 cm³/mol. The van der Waals surface area contributed by atoms with Gasteiger partial charge in [-0.15, -0.1) is 0 Å². The molecule has 0 spiro atoms. The zero-order chi connectivity index (χ0) is 25.4. The SMILES string of the molecule is CC1NC2CCC1C2.CCC.CCNC(=O)CC(OC)C(C(C)CC)N(C)C(=O)CNC=O. The molecule has 1 saturated carbocycles. The van der Waals surface area contributed by atoms with Crippen LogP contribution in [-0.2, 0) is 19.1 Å². The lowest BCUT2D eigenvalue weighted by molar-refractivity contribution is -0.138. The van der Waals surface area contributed by atoms with Crippen LogP contribution >= 0.6 is 0 Å². The maximum atomic E-state index is 12.1. The van der Waals surface area contributed by atoms with Crippen molar-refractivity contribution in [3.8, 4) is 0 Å². The van der Waals surface area contributed by atoms with Gasteiger partial charge in [0.25, 0.3) is 0 Å². The molecular weight excluding hydrogens is 420 g/mol. The summed E-state index contributed by atoms with van der Waals surface area (Å²) in [6, 6.07) is 1.49. The molecule has 1 saturated heterocycles. The van der Waals surface area contributed by atoms with Gasteiger partial charge < -0.3 is 25.6 Å². The van der Waals surface area contributed by atoms with Crippen LogP contribution in [0, 0.1) is 11.8 Å². The Balaban J connectivity index is 0.000000747. The standard InChI is InChI=1S/C15H29N3O4.C7H13N.C3H8/c1-6-11(3)15(18(4)14(21)9-16-10-19)12(22-5)8-13(20)17-7-2;1-5-6-2-3-7(4-6)8-5;1-3-2/h10-12,15H,6-9H2,1-5H3,(H,16,19)(H,17,20);5-8H,2-4H2,1H3;3H2,1-2H3. The topological polar surface area (TPSA) is 99.8 Å². The van der Waals surface area contributed by atoms with E-state index in [4.69, 9.17) is 4.74 Å². The normalized spacial score (nSPS) is 23.1. The largest absolute Gasteiger partial charge is 0.379 e. The van der Waals surface area contributed by atoms with Gasteiger partial charge >= 0.3 is 0 Å². The Morgan fingerprint density at radius 3 is 2.21 bits per heavy atom. The number of amides is 3. The van der Waals surface area contributed by atoms with Crippen molar-refractivity contribution >= 4 is 18.2 Å². The van der Waals surface area contributed by atoms with E-state index in [1.165, 1.54) is 25.7 Å². The molecule has 1 heterocycles. The Bertz CT molecular complexity index is 559. The minimum Gasteiger partial charge on any atom is -0.379 e. The third-order valence-electron chi connectivity index (χ3n) is 6.53. The molecule has 0 aromatic carbocycles. The van der Waals surface area contributed by atoms with Crippen molar-refractivity contribution < 1.29 is 19.1 Å². The van der Waals surface area contributed by atoms with Gasteiger partial charge in [-0.1, -0.05) is 40.5 Å². The molecule has 6 atom stereocenters. The minimum absolute atomic E-state index is 0.0650. The molecule has 0 aromatic rings. The number of methoxy groups -OCH3 is 1. The first kappa shape index (κ1) is 31.3. The number of carbonyl (C=O) groups is 3. The summed E-state index contributed by atoms with van der Waals surface area (Å²) in [6.07, 6.45) is 6.77. The van der Waals surface area contributed by atoms with Crippen molar-refractivity contribution in [1.82, 2.24) is 20.9 Å². The van der Waals surface area contributed by atoms with Gasteiger partial charge in [-0.3, -0.25) is 14.4 Å². The smallest absolute Gasteiger partial charge is 0.242 e. The maximum absolute atomic E-state index is 12.1. The maximum Gasteiger partial charge on any atom is 0.242 e. The molecule has 3 N–H and O–H groups in total. The third kappa shape index (κ3) is 11.3. The number of hydrogen-bond acceptors (Lipinski definition) is 5. The van der Waals surface area contributed by atoms with Gasteiger partial charge in [-0.25, -0.2) is 0 Å². The van der Waals surface area contributed by atoms with Crippen LogP contribution in [0.15, 0.2) is 0 Å². The molecule has 2 bridgehead atoms. The number of nitrogens with zero attached hydrogens (tertiary/aromatic N) is 1. The van der Waals surface area contributed by atoms with Crippen LogP contribution in [0.2, 0.25) is 0 Å². The molecular formula is C25H50N4O4. The Kier molecular flexibility index (Phi) is 16.9. The van der Waals surface area contributed by atoms with Crippen molar-refractivity contribution in [2.24, 2.45) is 11.8 Å². The van der Waals surface area contributed by atoms with Gasteiger partial charge in [0.2, 0.25) is 18.2 Å². The lowest BCUT2D eigenvalue weighted by Crippen LogP contribution is -2.52. The molecule has 2 fully saturated rings. The van der Waals surface area contributed by atoms with Gasteiger partial charge in [0, 0.05) is 32.8 Å². The Morgan fingerprint density at radius 1 is 1.21 bits per heavy atom. The average Bonchev–Trinajstić information content (AvgIpc) is 3.40. The number of carbonyl (C=O) groups excluding carboxylic acids is 3. The fourth-order valence-electron chi connectivity index (χ4n) is 4.58. The van der Waals surface area contributed by atoms with E-state index in [1.54, 1.807) is 19.1 Å². The van der Waals surface area contributed by atoms with Crippen molar-refractivity contribution in [2.45, 2.75) is 104 Å². The molecule has 6 unspecified atom stereocenters. The second-order valence-electron chi connectivity index (χ2n) is 9.24. The van der Waals surface area contributed by atoms with E-state index in [0.717, 1.165) is 24.4 Å². The summed E-state index contributed by atoms with van der Waals surface area (Å²) in [5.74, 6) is 0.870. The first-order valence-electron chi connectivity index (χ1n) is 12.7. The Morgan fingerprint density at radius 2 is 1.85 bits per heavy atom. The molecule has 1 aliphatic heterocycles. The zero-order valence-corrected chi connectivity index (χ0v) is 22.3. The molecule has 33 heavy (non-hydrogen) atoms. The number of likely N-dealkylation sites (N-methyl/N-ethyl adjacent to an activating group) is 1. The van der Waals surface area contributed by atoms with Gasteiger partial charge in [0.15, 0.2) is 0 Å². The zero-order valence-electron chi connectivity index (χ0n) is 22.3. The van der Waals surface area contributed by atoms with Gasteiger partial charge in [0.05, 0.1) is 25.1 Å². The summed E-state index contributed by atoms with van der Waals surface area (Å²) < 4.78 is 5.48. The average molecular weight is 471 g/mol. The predicted octanol–water partition coefficient (Wildman–Crippen LogP) is 2.71. The van der Waals surface area contributed by atoms with Crippen LogP contribution in [0.4, 0.5) is 0 Å². The highest BCUT2D eigenvalue weighted by molar-refractivity contribution is 5.80. The summed E-state index contributed by atoms with van der Waals surface area (Å²) in [7, 11) is 3.22. The number of ether oxygens (including phenoxy) is 1. The van der Waals surface area contributed by atoms with Gasteiger partial charge in [-0.2, -0.15) is 0 Å². The van der Waals surface area contributed by atoms with E-state index in [9.17, 15) is 14.4 Å². The van der Waals surface area contributed by atoms with Crippen molar-refractivity contribution in [1.29, 1.82) is 0 Å². The summed E-state index contributed by atoms with van der Waals surface area (Å²) in [5, 5.41) is 8.66. The molecule has 2 aliphatic rings. The Hall–Kier alpha value is -1.67. The minimum atomic E-state index is -0.397. The lowest BCUT2D eigenvalue weighted by atomic mass is 9.91. The fourth-order valence-corrected chi connectivity index (χ4v) is 4.58. The number of fused-ring (bicyclic) bond motifs is 2. The highest BCUT2D eigenvalue weighted by atomic mass is 16.5. The second kappa shape index (κ2) is 17.8. The number of nitrogens with one attached hydrogen (secondary N) is 3. The number of hydrogen-bond donors (Lipinski definition) is 3. The summed E-state index contributed by atoms with van der Waals surface area (Å²) in [4.78, 5) is 35.9. The third-order valence-corrected chi connectivity index (χ3v) is 6.53. The van der Waals surface area contributed by atoms with E-state index < -0.39 is 6.10 Å². The van der Waals surface area contributed by atoms with Crippen molar-refractivity contribution in [3.05, 3.63) is 0 Å². The van der Waals surface area contributed by atoms with Crippen LogP contribution in [0.25, 0.3) is 0 Å². The molecule has 8 heteroatoms. The molecule has 2 rings (SSSR count). The number of rotatable bonds is 11. The van der Waals surface area contributed by atoms with Gasteiger partial charge in [-0.05, 0) is 44.9 Å². The lowest BCUT2D eigenvalue weighted by Gasteiger charge is -2.37. The second-order valence-corrected chi connectivity index (χ2v) is 9.24. The monoisotopic (exact) mass is 470 g/mol. The van der Waals surface area contributed by atoms with Crippen LogP contribution < -0.4 is 16.0 Å². The Labute approximate surface area is 202 Å². The molecule has 194 valence electrons. The van der Waals surface area contributed by atoms with Crippen LogP contribution in [0.3, 0.4) is 0 Å².